The molecule has 1 atom stereocenters. The number of amides is 1. The van der Waals surface area contributed by atoms with Crippen LogP contribution >= 0.6 is 11.3 Å². The molecule has 2 fully saturated rings. The van der Waals surface area contributed by atoms with Crippen LogP contribution in [-0.2, 0) is 21.5 Å². The molecule has 0 radical (unpaired) electrons. The predicted molar refractivity (Wildman–Crippen MR) is 108 cm³/mol. The van der Waals surface area contributed by atoms with Crippen LogP contribution in [0.5, 0.6) is 0 Å². The summed E-state index contributed by atoms with van der Waals surface area (Å²) >= 11 is 1.70. The van der Waals surface area contributed by atoms with Crippen LogP contribution in [0.25, 0.3) is 0 Å². The summed E-state index contributed by atoms with van der Waals surface area (Å²) in [7, 11) is 1.74. The van der Waals surface area contributed by atoms with Gasteiger partial charge < -0.3 is 19.3 Å². The smallest absolute Gasteiger partial charge is 0.264 e. The van der Waals surface area contributed by atoms with Crippen molar-refractivity contribution in [1.29, 1.82) is 0 Å². The van der Waals surface area contributed by atoms with Gasteiger partial charge in [-0.2, -0.15) is 0 Å². The van der Waals surface area contributed by atoms with E-state index in [1.54, 1.807) is 18.4 Å². The minimum absolute atomic E-state index is 0.163. The molecule has 3 aliphatic rings. The van der Waals surface area contributed by atoms with E-state index >= 15 is 0 Å². The van der Waals surface area contributed by atoms with Crippen molar-refractivity contribution in [3.05, 3.63) is 21.4 Å². The first kappa shape index (κ1) is 19.4. The number of fused-ring (bicyclic) bond motifs is 2. The lowest BCUT2D eigenvalue weighted by Gasteiger charge is -2.44. The van der Waals surface area contributed by atoms with Gasteiger partial charge in [0.2, 0.25) is 0 Å². The number of thiophene rings is 1. The second-order valence-electron chi connectivity index (χ2n) is 8.13. The van der Waals surface area contributed by atoms with E-state index in [-0.39, 0.29) is 17.6 Å². The molecule has 0 saturated carbocycles. The monoisotopic (exact) mass is 392 g/mol. The minimum Gasteiger partial charge on any atom is -0.380 e. The van der Waals surface area contributed by atoms with E-state index in [4.69, 9.17) is 9.47 Å². The van der Waals surface area contributed by atoms with E-state index in [0.717, 1.165) is 63.2 Å². The van der Waals surface area contributed by atoms with Crippen LogP contribution in [0.15, 0.2) is 6.07 Å². The van der Waals surface area contributed by atoms with Gasteiger partial charge in [-0.1, -0.05) is 6.92 Å². The number of hydrogen-bond acceptors (Lipinski definition) is 5. The highest BCUT2D eigenvalue weighted by molar-refractivity contribution is 7.14. The Hall–Kier alpha value is -0.950. The van der Waals surface area contributed by atoms with Crippen LogP contribution in [0, 0.1) is 0 Å². The standard InChI is InChI=1S/C21H32N2O3S/c1-3-9-22-11-7-21(8-12-22)17-14-19(27-18(17)6-13-26-21)20(24)23-10-4-5-16(15-23)25-2/h14,16H,3-13,15H2,1-2H3. The highest BCUT2D eigenvalue weighted by atomic mass is 32.1. The molecule has 5 nitrogen and oxygen atoms in total. The van der Waals surface area contributed by atoms with Crippen molar-refractivity contribution in [1.82, 2.24) is 9.80 Å². The number of carbonyl (C=O) groups is 1. The Kier molecular flexibility index (Phi) is 5.88. The molecule has 1 amide bonds. The average molecular weight is 393 g/mol. The van der Waals surface area contributed by atoms with Gasteiger partial charge in [0, 0.05) is 44.6 Å². The number of piperidine rings is 2. The number of methoxy groups -OCH3 is 1. The maximum atomic E-state index is 13.1. The van der Waals surface area contributed by atoms with Gasteiger partial charge in [0.1, 0.15) is 0 Å². The maximum Gasteiger partial charge on any atom is 0.264 e. The third-order valence-corrected chi connectivity index (χ3v) is 7.60. The zero-order valence-corrected chi connectivity index (χ0v) is 17.5. The van der Waals surface area contributed by atoms with Crippen molar-refractivity contribution in [2.75, 3.05) is 46.4 Å². The zero-order chi connectivity index (χ0) is 18.9. The Bertz CT molecular complexity index is 666. The van der Waals surface area contributed by atoms with Gasteiger partial charge >= 0.3 is 0 Å². The first-order chi connectivity index (χ1) is 13.1. The summed E-state index contributed by atoms with van der Waals surface area (Å²) in [6.07, 6.45) is 6.47. The van der Waals surface area contributed by atoms with Crippen molar-refractivity contribution in [2.45, 2.75) is 57.2 Å². The SMILES string of the molecule is CCCN1CCC2(CC1)OCCc1sc(C(=O)N3CCCC(OC)C3)cc12. The number of rotatable bonds is 4. The van der Waals surface area contributed by atoms with E-state index in [9.17, 15) is 4.79 Å². The normalized spacial score (nSPS) is 25.6. The van der Waals surface area contributed by atoms with Crippen molar-refractivity contribution in [3.63, 3.8) is 0 Å². The van der Waals surface area contributed by atoms with Gasteiger partial charge in [0.05, 0.1) is 23.2 Å². The molecular weight excluding hydrogens is 360 g/mol. The van der Waals surface area contributed by atoms with Crippen LogP contribution in [0.1, 0.15) is 59.1 Å². The van der Waals surface area contributed by atoms with Crippen molar-refractivity contribution < 1.29 is 14.3 Å². The second kappa shape index (κ2) is 8.19. The summed E-state index contributed by atoms with van der Waals surface area (Å²) in [4.78, 5) is 19.9. The average Bonchev–Trinajstić information content (AvgIpc) is 3.15. The molecule has 4 heterocycles. The molecule has 0 bridgehead atoms. The molecule has 0 aromatic carbocycles. The quantitative estimate of drug-likeness (QED) is 0.789. The number of likely N-dealkylation sites (tertiary alicyclic amines) is 2. The topological polar surface area (TPSA) is 42.0 Å². The van der Waals surface area contributed by atoms with Crippen LogP contribution in [-0.4, -0.2) is 68.3 Å². The molecule has 0 aliphatic carbocycles. The molecule has 4 rings (SSSR count). The highest BCUT2D eigenvalue weighted by Gasteiger charge is 2.42. The summed E-state index contributed by atoms with van der Waals surface area (Å²) in [6.45, 7) is 7.93. The maximum absolute atomic E-state index is 13.1. The van der Waals surface area contributed by atoms with E-state index in [2.05, 4.69) is 17.9 Å². The third kappa shape index (κ3) is 3.82. The fourth-order valence-corrected chi connectivity index (χ4v) is 6.06. The van der Waals surface area contributed by atoms with E-state index < -0.39 is 0 Å². The summed E-state index contributed by atoms with van der Waals surface area (Å²) < 4.78 is 11.9. The molecule has 150 valence electrons. The Balaban J connectivity index is 1.52. The zero-order valence-electron chi connectivity index (χ0n) is 16.7. The summed E-state index contributed by atoms with van der Waals surface area (Å²) in [5, 5.41) is 0. The molecular formula is C21H32N2O3S. The lowest BCUT2D eigenvalue weighted by Crippen LogP contribution is -2.46. The number of ether oxygens (including phenoxy) is 2. The van der Waals surface area contributed by atoms with E-state index in [1.807, 2.05) is 4.90 Å². The first-order valence-electron chi connectivity index (χ1n) is 10.5. The molecule has 3 aliphatic heterocycles. The van der Waals surface area contributed by atoms with Gasteiger partial charge in [-0.3, -0.25) is 4.79 Å². The van der Waals surface area contributed by atoms with Crippen molar-refractivity contribution in [2.24, 2.45) is 0 Å². The van der Waals surface area contributed by atoms with Gasteiger partial charge in [0.25, 0.3) is 5.91 Å². The molecule has 6 heteroatoms. The highest BCUT2D eigenvalue weighted by Crippen LogP contribution is 2.44. The van der Waals surface area contributed by atoms with Crippen LogP contribution < -0.4 is 0 Å². The Morgan fingerprint density at radius 2 is 2.19 bits per heavy atom. The number of carbonyl (C=O) groups excluding carboxylic acids is 1. The fraction of sp³-hybridized carbons (Fsp3) is 0.762. The molecule has 1 aromatic rings. The molecule has 2 saturated heterocycles. The number of hydrogen-bond donors (Lipinski definition) is 0. The summed E-state index contributed by atoms with van der Waals surface area (Å²) in [5.74, 6) is 0.176. The summed E-state index contributed by atoms with van der Waals surface area (Å²) in [6, 6.07) is 2.16. The second-order valence-corrected chi connectivity index (χ2v) is 9.27. The Labute approximate surface area is 166 Å². The summed E-state index contributed by atoms with van der Waals surface area (Å²) in [5.41, 5.74) is 1.14. The van der Waals surface area contributed by atoms with Gasteiger partial charge in [-0.15, -0.1) is 11.3 Å². The van der Waals surface area contributed by atoms with Gasteiger partial charge in [-0.05, 0) is 50.3 Å². The first-order valence-corrected chi connectivity index (χ1v) is 11.3. The van der Waals surface area contributed by atoms with Gasteiger partial charge in [0.15, 0.2) is 0 Å². The predicted octanol–water partition coefficient (Wildman–Crippen LogP) is 3.27. The number of nitrogens with zero attached hydrogens (tertiary/aromatic N) is 2. The van der Waals surface area contributed by atoms with E-state index in [1.165, 1.54) is 23.4 Å². The molecule has 1 unspecified atom stereocenters. The largest absolute Gasteiger partial charge is 0.380 e. The molecule has 1 aromatic heterocycles. The Morgan fingerprint density at radius 1 is 1.37 bits per heavy atom. The van der Waals surface area contributed by atoms with Crippen LogP contribution in [0.3, 0.4) is 0 Å². The lowest BCUT2D eigenvalue weighted by atomic mass is 9.82. The van der Waals surface area contributed by atoms with E-state index in [0.29, 0.717) is 6.54 Å². The van der Waals surface area contributed by atoms with Crippen molar-refractivity contribution in [3.8, 4) is 0 Å². The lowest BCUT2D eigenvalue weighted by molar-refractivity contribution is -0.0970. The van der Waals surface area contributed by atoms with Crippen LogP contribution in [0.2, 0.25) is 0 Å². The fourth-order valence-electron chi connectivity index (χ4n) is 4.86. The van der Waals surface area contributed by atoms with Crippen molar-refractivity contribution >= 4 is 17.2 Å². The Morgan fingerprint density at radius 3 is 2.93 bits per heavy atom. The minimum atomic E-state index is -0.163. The molecule has 0 N–H and O–H groups in total. The van der Waals surface area contributed by atoms with Gasteiger partial charge in [-0.25, -0.2) is 0 Å². The molecule has 1 spiro atoms. The molecule has 27 heavy (non-hydrogen) atoms. The van der Waals surface area contributed by atoms with Crippen LogP contribution in [0.4, 0.5) is 0 Å². The third-order valence-electron chi connectivity index (χ3n) is 6.42.